The number of rotatable bonds is 5. The summed E-state index contributed by atoms with van der Waals surface area (Å²) in [4.78, 5) is 26.5. The number of hydrogen-bond donors (Lipinski definition) is 1. The van der Waals surface area contributed by atoms with Crippen molar-refractivity contribution in [1.82, 2.24) is 5.32 Å². The van der Waals surface area contributed by atoms with Crippen LogP contribution in [0.4, 0.5) is 10.1 Å². The van der Waals surface area contributed by atoms with Gasteiger partial charge in [0.15, 0.2) is 5.78 Å². The molecule has 0 unspecified atom stereocenters. The van der Waals surface area contributed by atoms with Crippen molar-refractivity contribution < 1.29 is 14.0 Å². The summed E-state index contributed by atoms with van der Waals surface area (Å²) >= 11 is 0. The van der Waals surface area contributed by atoms with Gasteiger partial charge in [-0.1, -0.05) is 12.1 Å². The second kappa shape index (κ2) is 8.66. The van der Waals surface area contributed by atoms with E-state index in [9.17, 15) is 14.0 Å². The maximum atomic E-state index is 12.9. The molecule has 3 rings (SSSR count). The topological polar surface area (TPSA) is 73.2 Å². The maximum absolute atomic E-state index is 12.9. The van der Waals surface area contributed by atoms with Crippen LogP contribution in [-0.4, -0.2) is 24.8 Å². The monoisotopic (exact) mass is 379 g/mol. The van der Waals surface area contributed by atoms with Crippen molar-refractivity contribution in [2.75, 3.05) is 18.0 Å². The van der Waals surface area contributed by atoms with E-state index in [4.69, 9.17) is 5.26 Å². The zero-order chi connectivity index (χ0) is 20.1. The number of Topliss-reactive ketones (excluding diaryl/α,β-unsaturated/α-hetero) is 1. The van der Waals surface area contributed by atoms with E-state index in [0.717, 1.165) is 11.3 Å². The zero-order valence-corrected chi connectivity index (χ0v) is 15.7. The molecule has 1 saturated heterocycles. The van der Waals surface area contributed by atoms with Gasteiger partial charge in [0.25, 0.3) is 0 Å². The molecule has 0 aliphatic carbocycles. The van der Waals surface area contributed by atoms with Gasteiger partial charge < -0.3 is 10.2 Å². The van der Waals surface area contributed by atoms with E-state index in [1.807, 2.05) is 0 Å². The Bertz CT molecular complexity index is 910. The summed E-state index contributed by atoms with van der Waals surface area (Å²) in [6.45, 7) is 3.17. The SMILES string of the molecule is CC(=O)c1ccc(C#N)cc1N1CCC(C(=O)NCc2ccc(F)cc2)CC1. The van der Waals surface area contributed by atoms with Crippen LogP contribution in [0.15, 0.2) is 42.5 Å². The van der Waals surface area contributed by atoms with E-state index in [-0.39, 0.29) is 23.4 Å². The van der Waals surface area contributed by atoms with Crippen LogP contribution in [0.2, 0.25) is 0 Å². The Hall–Kier alpha value is -3.20. The number of piperidine rings is 1. The van der Waals surface area contributed by atoms with Crippen molar-refractivity contribution in [3.05, 3.63) is 65.0 Å². The van der Waals surface area contributed by atoms with Crippen molar-refractivity contribution in [2.24, 2.45) is 5.92 Å². The summed E-state index contributed by atoms with van der Waals surface area (Å²) in [6.07, 6.45) is 1.34. The second-order valence-corrected chi connectivity index (χ2v) is 7.01. The Balaban J connectivity index is 1.60. The molecule has 144 valence electrons. The number of halogens is 1. The third kappa shape index (κ3) is 4.55. The van der Waals surface area contributed by atoms with Gasteiger partial charge in [0.2, 0.25) is 5.91 Å². The van der Waals surface area contributed by atoms with E-state index in [0.29, 0.717) is 43.6 Å². The summed E-state index contributed by atoms with van der Waals surface area (Å²) in [7, 11) is 0. The molecule has 28 heavy (non-hydrogen) atoms. The Morgan fingerprint density at radius 2 is 1.86 bits per heavy atom. The Kier molecular flexibility index (Phi) is 6.05. The van der Waals surface area contributed by atoms with Crippen LogP contribution in [0, 0.1) is 23.1 Å². The number of nitrogens with zero attached hydrogens (tertiary/aromatic N) is 2. The lowest BCUT2D eigenvalue weighted by Gasteiger charge is -2.34. The molecule has 2 aromatic rings. The van der Waals surface area contributed by atoms with E-state index >= 15 is 0 Å². The number of amides is 1. The molecule has 0 spiro atoms. The van der Waals surface area contributed by atoms with Gasteiger partial charge in [0, 0.05) is 36.8 Å². The molecule has 0 radical (unpaired) electrons. The summed E-state index contributed by atoms with van der Waals surface area (Å²) in [5.41, 5.74) is 2.72. The van der Waals surface area contributed by atoms with Gasteiger partial charge in [-0.25, -0.2) is 4.39 Å². The fourth-order valence-electron chi connectivity index (χ4n) is 3.48. The van der Waals surface area contributed by atoms with Crippen molar-refractivity contribution in [3.63, 3.8) is 0 Å². The Morgan fingerprint density at radius 3 is 2.46 bits per heavy atom. The van der Waals surface area contributed by atoms with E-state index in [1.165, 1.54) is 19.1 Å². The standard InChI is InChI=1S/C22H22FN3O2/c1-15(27)20-7-4-17(13-24)12-21(20)26-10-8-18(9-11-26)22(28)25-14-16-2-5-19(23)6-3-16/h2-7,12,18H,8-11,14H2,1H3,(H,25,28). The molecular weight excluding hydrogens is 357 g/mol. The van der Waals surface area contributed by atoms with Crippen LogP contribution >= 0.6 is 0 Å². The molecule has 0 bridgehead atoms. The average molecular weight is 379 g/mol. The van der Waals surface area contributed by atoms with Gasteiger partial charge in [-0.15, -0.1) is 0 Å². The number of anilines is 1. The maximum Gasteiger partial charge on any atom is 0.223 e. The molecular formula is C22H22FN3O2. The third-order valence-corrected chi connectivity index (χ3v) is 5.09. The average Bonchev–Trinajstić information content (AvgIpc) is 2.72. The lowest BCUT2D eigenvalue weighted by Crippen LogP contribution is -2.40. The number of ketones is 1. The predicted octanol–water partition coefficient (Wildman–Crippen LogP) is 3.43. The number of hydrogen-bond acceptors (Lipinski definition) is 4. The largest absolute Gasteiger partial charge is 0.371 e. The lowest BCUT2D eigenvalue weighted by molar-refractivity contribution is -0.125. The summed E-state index contributed by atoms with van der Waals surface area (Å²) < 4.78 is 12.9. The first-order chi connectivity index (χ1) is 13.5. The smallest absolute Gasteiger partial charge is 0.223 e. The Morgan fingerprint density at radius 1 is 1.18 bits per heavy atom. The highest BCUT2D eigenvalue weighted by molar-refractivity contribution is 6.00. The number of benzene rings is 2. The van der Waals surface area contributed by atoms with Crippen molar-refractivity contribution in [3.8, 4) is 6.07 Å². The van der Waals surface area contributed by atoms with Crippen LogP contribution in [0.3, 0.4) is 0 Å². The van der Waals surface area contributed by atoms with Gasteiger partial charge in [-0.2, -0.15) is 5.26 Å². The van der Waals surface area contributed by atoms with Crippen LogP contribution in [0.1, 0.15) is 41.3 Å². The first-order valence-corrected chi connectivity index (χ1v) is 9.30. The van der Waals surface area contributed by atoms with E-state index in [1.54, 1.807) is 30.3 Å². The zero-order valence-electron chi connectivity index (χ0n) is 15.7. The van der Waals surface area contributed by atoms with Gasteiger partial charge in [0.05, 0.1) is 11.6 Å². The molecule has 1 heterocycles. The lowest BCUT2D eigenvalue weighted by atomic mass is 9.94. The Labute approximate surface area is 163 Å². The molecule has 1 fully saturated rings. The highest BCUT2D eigenvalue weighted by Crippen LogP contribution is 2.28. The van der Waals surface area contributed by atoms with Crippen LogP contribution in [-0.2, 0) is 11.3 Å². The van der Waals surface area contributed by atoms with Gasteiger partial charge in [-0.3, -0.25) is 9.59 Å². The molecule has 0 aromatic heterocycles. The van der Waals surface area contributed by atoms with Gasteiger partial charge in [0.1, 0.15) is 5.82 Å². The van der Waals surface area contributed by atoms with Crippen LogP contribution < -0.4 is 10.2 Å². The quantitative estimate of drug-likeness (QED) is 0.808. The molecule has 0 atom stereocenters. The van der Waals surface area contributed by atoms with Crippen molar-refractivity contribution >= 4 is 17.4 Å². The highest BCUT2D eigenvalue weighted by atomic mass is 19.1. The molecule has 2 aromatic carbocycles. The normalized spacial score (nSPS) is 14.4. The number of carbonyl (C=O) groups is 2. The first-order valence-electron chi connectivity index (χ1n) is 9.30. The van der Waals surface area contributed by atoms with E-state index in [2.05, 4.69) is 16.3 Å². The van der Waals surface area contributed by atoms with Crippen LogP contribution in [0.25, 0.3) is 0 Å². The van der Waals surface area contributed by atoms with Gasteiger partial charge >= 0.3 is 0 Å². The summed E-state index contributed by atoms with van der Waals surface area (Å²) in [6, 6.07) is 13.3. The summed E-state index contributed by atoms with van der Waals surface area (Å²) in [5.74, 6) is -0.454. The van der Waals surface area contributed by atoms with Crippen LogP contribution in [0.5, 0.6) is 0 Å². The minimum absolute atomic E-state index is 0.0125. The number of nitriles is 1. The summed E-state index contributed by atoms with van der Waals surface area (Å²) in [5, 5.41) is 12.1. The molecule has 1 aliphatic rings. The molecule has 1 N–H and O–H groups in total. The second-order valence-electron chi connectivity index (χ2n) is 7.01. The molecule has 1 amide bonds. The van der Waals surface area contributed by atoms with E-state index < -0.39 is 0 Å². The number of carbonyl (C=O) groups excluding carboxylic acids is 2. The molecule has 5 nitrogen and oxygen atoms in total. The molecule has 0 saturated carbocycles. The third-order valence-electron chi connectivity index (χ3n) is 5.09. The van der Waals surface area contributed by atoms with Crippen molar-refractivity contribution in [1.29, 1.82) is 5.26 Å². The fourth-order valence-corrected chi connectivity index (χ4v) is 3.48. The first kappa shape index (κ1) is 19.6. The highest BCUT2D eigenvalue weighted by Gasteiger charge is 2.26. The molecule has 1 aliphatic heterocycles. The van der Waals surface area contributed by atoms with Crippen molar-refractivity contribution in [2.45, 2.75) is 26.3 Å². The minimum Gasteiger partial charge on any atom is -0.371 e. The number of nitrogens with one attached hydrogen (secondary N) is 1. The minimum atomic E-state index is -0.298. The molecule has 6 heteroatoms. The van der Waals surface area contributed by atoms with Gasteiger partial charge in [-0.05, 0) is 55.7 Å². The fraction of sp³-hybridized carbons (Fsp3) is 0.318. The predicted molar refractivity (Wildman–Crippen MR) is 104 cm³/mol.